The van der Waals surface area contributed by atoms with Crippen molar-refractivity contribution in [2.75, 3.05) is 6.54 Å². The van der Waals surface area contributed by atoms with Crippen molar-refractivity contribution in [3.05, 3.63) is 51.5 Å². The van der Waals surface area contributed by atoms with Crippen molar-refractivity contribution < 1.29 is 9.90 Å². The van der Waals surface area contributed by atoms with Gasteiger partial charge in [0.05, 0.1) is 11.7 Å². The first-order valence-corrected chi connectivity index (χ1v) is 8.91. The Kier molecular flexibility index (Phi) is 4.78. The van der Waals surface area contributed by atoms with Gasteiger partial charge in [0.25, 0.3) is 0 Å². The fraction of sp³-hybridized carbons (Fsp3) is 0.444. The summed E-state index contributed by atoms with van der Waals surface area (Å²) < 4.78 is 0. The van der Waals surface area contributed by atoms with Gasteiger partial charge in [0.1, 0.15) is 6.04 Å². The first-order valence-electron chi connectivity index (χ1n) is 8.03. The lowest BCUT2D eigenvalue weighted by atomic mass is 9.97. The van der Waals surface area contributed by atoms with Crippen molar-refractivity contribution in [1.29, 1.82) is 0 Å². The van der Waals surface area contributed by atoms with Gasteiger partial charge in [0.2, 0.25) is 0 Å². The zero-order chi connectivity index (χ0) is 16.4. The molecule has 0 spiro atoms. The van der Waals surface area contributed by atoms with Gasteiger partial charge in [-0.25, -0.2) is 0 Å². The summed E-state index contributed by atoms with van der Waals surface area (Å²) in [6.45, 7) is 4.85. The minimum absolute atomic E-state index is 0.0741. The predicted molar refractivity (Wildman–Crippen MR) is 91.9 cm³/mol. The van der Waals surface area contributed by atoms with E-state index in [4.69, 9.17) is 4.98 Å². The molecule has 122 valence electrons. The molecular formula is C18H22N2O2S. The number of carboxylic acid groups (broad SMARTS) is 1. The molecule has 2 atom stereocenters. The van der Waals surface area contributed by atoms with Crippen molar-refractivity contribution >= 4 is 17.3 Å². The van der Waals surface area contributed by atoms with Crippen LogP contribution in [0.4, 0.5) is 0 Å². The van der Waals surface area contributed by atoms with E-state index < -0.39 is 12.0 Å². The maximum atomic E-state index is 11.7. The fourth-order valence-electron chi connectivity index (χ4n) is 3.32. The van der Waals surface area contributed by atoms with E-state index in [1.54, 1.807) is 11.3 Å². The minimum Gasteiger partial charge on any atom is -0.480 e. The molecule has 23 heavy (non-hydrogen) atoms. The molecule has 5 heteroatoms. The van der Waals surface area contributed by atoms with Crippen LogP contribution in [0, 0.1) is 13.8 Å². The van der Waals surface area contributed by atoms with E-state index in [9.17, 15) is 9.90 Å². The summed E-state index contributed by atoms with van der Waals surface area (Å²) in [5, 5.41) is 11.8. The number of carbonyl (C=O) groups is 1. The lowest BCUT2D eigenvalue weighted by Crippen LogP contribution is -2.46. The Hall–Kier alpha value is -1.72. The van der Waals surface area contributed by atoms with E-state index >= 15 is 0 Å². The van der Waals surface area contributed by atoms with E-state index in [2.05, 4.69) is 23.3 Å². The van der Waals surface area contributed by atoms with Gasteiger partial charge >= 0.3 is 5.97 Å². The van der Waals surface area contributed by atoms with Crippen LogP contribution in [-0.2, 0) is 4.79 Å². The molecule has 1 aliphatic heterocycles. The second-order valence-electron chi connectivity index (χ2n) is 6.22. The number of nitrogens with zero attached hydrogens (tertiary/aromatic N) is 2. The average molecular weight is 330 g/mol. The van der Waals surface area contributed by atoms with Crippen LogP contribution in [0.2, 0.25) is 0 Å². The maximum absolute atomic E-state index is 11.7. The number of likely N-dealkylation sites (tertiary alicyclic amines) is 1. The smallest absolute Gasteiger partial charge is 0.320 e. The third kappa shape index (κ3) is 3.46. The highest BCUT2D eigenvalue weighted by Gasteiger charge is 2.36. The van der Waals surface area contributed by atoms with Crippen molar-refractivity contribution in [2.24, 2.45) is 0 Å². The standard InChI is InChI=1S/C18H22N2O2S/c1-12-10-16(23-11-12)17(14-7-5-6-13(2)19-14)20-9-4-3-8-15(20)18(21)22/h5-7,10-11,15,17H,3-4,8-9H2,1-2H3,(H,21,22). The van der Waals surface area contributed by atoms with E-state index in [0.717, 1.165) is 30.8 Å². The molecule has 3 heterocycles. The van der Waals surface area contributed by atoms with Crippen LogP contribution >= 0.6 is 11.3 Å². The summed E-state index contributed by atoms with van der Waals surface area (Å²) in [6, 6.07) is 7.65. The van der Waals surface area contributed by atoms with Gasteiger partial charge in [-0.2, -0.15) is 0 Å². The lowest BCUT2D eigenvalue weighted by Gasteiger charge is -2.38. The van der Waals surface area contributed by atoms with E-state index in [0.29, 0.717) is 6.42 Å². The quantitative estimate of drug-likeness (QED) is 0.927. The second kappa shape index (κ2) is 6.81. The Morgan fingerprint density at radius 2 is 2.22 bits per heavy atom. The molecule has 0 amide bonds. The number of pyridine rings is 1. The Morgan fingerprint density at radius 1 is 1.39 bits per heavy atom. The molecule has 1 N–H and O–H groups in total. The van der Waals surface area contributed by atoms with Gasteiger partial charge in [-0.15, -0.1) is 11.3 Å². The number of aromatic nitrogens is 1. The normalized spacial score (nSPS) is 20.3. The first kappa shape index (κ1) is 16.1. The molecule has 2 aromatic rings. The van der Waals surface area contributed by atoms with Crippen LogP contribution < -0.4 is 0 Å². The molecule has 4 nitrogen and oxygen atoms in total. The second-order valence-corrected chi connectivity index (χ2v) is 7.16. The van der Waals surface area contributed by atoms with E-state index in [-0.39, 0.29) is 6.04 Å². The molecule has 0 aromatic carbocycles. The monoisotopic (exact) mass is 330 g/mol. The molecule has 1 aliphatic rings. The summed E-state index contributed by atoms with van der Waals surface area (Å²) in [6.07, 6.45) is 2.73. The highest BCUT2D eigenvalue weighted by Crippen LogP contribution is 2.36. The number of aryl methyl sites for hydroxylation is 2. The number of carboxylic acids is 1. The zero-order valence-corrected chi connectivity index (χ0v) is 14.3. The SMILES string of the molecule is Cc1csc(C(c2cccc(C)n2)N2CCCCC2C(=O)O)c1. The molecule has 1 fully saturated rings. The predicted octanol–water partition coefficient (Wildman–Crippen LogP) is 3.79. The lowest BCUT2D eigenvalue weighted by molar-refractivity contribution is -0.145. The largest absolute Gasteiger partial charge is 0.480 e. The number of piperidine rings is 1. The third-order valence-electron chi connectivity index (χ3n) is 4.37. The van der Waals surface area contributed by atoms with Crippen LogP contribution in [-0.4, -0.2) is 33.5 Å². The van der Waals surface area contributed by atoms with Crippen molar-refractivity contribution in [2.45, 2.75) is 45.2 Å². The van der Waals surface area contributed by atoms with Crippen LogP contribution in [0.25, 0.3) is 0 Å². The zero-order valence-electron chi connectivity index (χ0n) is 13.5. The van der Waals surface area contributed by atoms with Crippen molar-refractivity contribution in [3.63, 3.8) is 0 Å². The average Bonchev–Trinajstić information content (AvgIpc) is 2.94. The minimum atomic E-state index is -0.726. The molecular weight excluding hydrogens is 308 g/mol. The van der Waals surface area contributed by atoms with Crippen LogP contribution in [0.1, 0.15) is 47.1 Å². The molecule has 0 saturated carbocycles. The first-order chi connectivity index (χ1) is 11.1. The van der Waals surface area contributed by atoms with Crippen molar-refractivity contribution in [1.82, 2.24) is 9.88 Å². The van der Waals surface area contributed by atoms with Gasteiger partial charge < -0.3 is 5.11 Å². The highest BCUT2D eigenvalue weighted by atomic mass is 32.1. The van der Waals surface area contributed by atoms with E-state index in [1.807, 2.05) is 25.1 Å². The van der Waals surface area contributed by atoms with Gasteiger partial charge in [0.15, 0.2) is 0 Å². The Balaban J connectivity index is 2.05. The summed E-state index contributed by atoms with van der Waals surface area (Å²) in [5.74, 6) is -0.726. The molecule has 0 aliphatic carbocycles. The fourth-order valence-corrected chi connectivity index (χ4v) is 4.35. The molecule has 1 saturated heterocycles. The summed E-state index contributed by atoms with van der Waals surface area (Å²) in [4.78, 5) is 19.7. The molecule has 3 rings (SSSR count). The number of thiophene rings is 1. The van der Waals surface area contributed by atoms with Gasteiger partial charge in [-0.3, -0.25) is 14.7 Å². The number of aliphatic carboxylic acids is 1. The third-order valence-corrected chi connectivity index (χ3v) is 5.47. The Bertz CT molecular complexity index is 698. The van der Waals surface area contributed by atoms with Crippen molar-refractivity contribution in [3.8, 4) is 0 Å². The Morgan fingerprint density at radius 3 is 2.87 bits per heavy atom. The summed E-state index contributed by atoms with van der Waals surface area (Å²) in [7, 11) is 0. The molecule has 0 bridgehead atoms. The summed E-state index contributed by atoms with van der Waals surface area (Å²) in [5.41, 5.74) is 3.12. The molecule has 2 unspecified atom stereocenters. The molecule has 2 aromatic heterocycles. The highest BCUT2D eigenvalue weighted by molar-refractivity contribution is 7.10. The van der Waals surface area contributed by atoms with Crippen LogP contribution in [0.3, 0.4) is 0 Å². The maximum Gasteiger partial charge on any atom is 0.320 e. The van der Waals surface area contributed by atoms with Gasteiger partial charge in [-0.1, -0.05) is 12.5 Å². The van der Waals surface area contributed by atoms with Crippen LogP contribution in [0.15, 0.2) is 29.6 Å². The van der Waals surface area contributed by atoms with Gasteiger partial charge in [0, 0.05) is 17.1 Å². The van der Waals surface area contributed by atoms with Gasteiger partial charge in [-0.05, 0) is 55.8 Å². The number of rotatable bonds is 4. The summed E-state index contributed by atoms with van der Waals surface area (Å²) >= 11 is 1.69. The van der Waals surface area contributed by atoms with Crippen LogP contribution in [0.5, 0.6) is 0 Å². The number of hydrogen-bond donors (Lipinski definition) is 1. The van der Waals surface area contributed by atoms with E-state index in [1.165, 1.54) is 10.4 Å². The topological polar surface area (TPSA) is 53.4 Å². The Labute approximate surface area is 140 Å². The molecule has 0 radical (unpaired) electrons. The number of hydrogen-bond acceptors (Lipinski definition) is 4.